The van der Waals surface area contributed by atoms with Crippen LogP contribution in [0, 0.1) is 5.92 Å². The van der Waals surface area contributed by atoms with Gasteiger partial charge in [-0.05, 0) is 24.1 Å². The Hall–Kier alpha value is -2.76. The molecule has 4 rings (SSSR count). The molecule has 0 aliphatic carbocycles. The van der Waals surface area contributed by atoms with E-state index in [1.54, 1.807) is 12.1 Å². The lowest BCUT2D eigenvalue weighted by atomic mass is 10.0. The van der Waals surface area contributed by atoms with Crippen molar-refractivity contribution < 1.29 is 13.9 Å². The number of fused-ring (bicyclic) bond motifs is 3. The average molecular weight is 429 g/mol. The van der Waals surface area contributed by atoms with Gasteiger partial charge in [-0.15, -0.1) is 0 Å². The first-order valence-corrected chi connectivity index (χ1v) is 9.88. The fourth-order valence-corrected chi connectivity index (χ4v) is 3.53. The lowest BCUT2D eigenvalue weighted by molar-refractivity contribution is 0.102. The average Bonchev–Trinajstić information content (AvgIpc) is 3.08. The number of carbonyl (C=O) groups is 1. The number of hydrogen-bond donors (Lipinski definition) is 1. The van der Waals surface area contributed by atoms with E-state index in [1.165, 1.54) is 12.4 Å². The monoisotopic (exact) mass is 428 g/mol. The molecule has 1 N–H and O–H groups in total. The van der Waals surface area contributed by atoms with Crippen molar-refractivity contribution in [3.05, 3.63) is 64.4 Å². The van der Waals surface area contributed by atoms with Crippen molar-refractivity contribution >= 4 is 56.7 Å². The van der Waals surface area contributed by atoms with Gasteiger partial charge in [0.2, 0.25) is 0 Å². The quantitative estimate of drug-likeness (QED) is 0.390. The number of hydrogen-bond acceptors (Lipinski definition) is 4. The molecule has 2 aromatic heterocycles. The number of carbonyl (C=O) groups excluding carboxylic acids is 1. The maximum Gasteiger partial charge on any atom is 0.256 e. The van der Waals surface area contributed by atoms with E-state index in [0.717, 1.165) is 5.39 Å². The summed E-state index contributed by atoms with van der Waals surface area (Å²) in [6, 6.07) is 11.0. The first-order chi connectivity index (χ1) is 14.0. The Morgan fingerprint density at radius 1 is 1.14 bits per heavy atom. The minimum Gasteiger partial charge on any atom is -0.489 e. The number of nitrogens with zero attached hydrogens (tertiary/aromatic N) is 1. The Bertz CT molecular complexity index is 1200. The Kier molecular flexibility index (Phi) is 5.35. The topological polar surface area (TPSA) is 64.4 Å². The molecule has 0 saturated carbocycles. The molecule has 0 radical (unpaired) electrons. The highest BCUT2D eigenvalue weighted by molar-refractivity contribution is 6.40. The first kappa shape index (κ1) is 19.6. The molecule has 0 aliphatic heterocycles. The predicted molar refractivity (Wildman–Crippen MR) is 116 cm³/mol. The van der Waals surface area contributed by atoms with Crippen LogP contribution in [0.4, 0.5) is 5.69 Å². The number of aromatic nitrogens is 1. The third kappa shape index (κ3) is 3.76. The van der Waals surface area contributed by atoms with Crippen LogP contribution >= 0.6 is 23.2 Å². The minimum absolute atomic E-state index is 0.260. The van der Waals surface area contributed by atoms with Crippen LogP contribution in [0.1, 0.15) is 24.2 Å². The normalized spacial score (nSPS) is 11.3. The number of rotatable bonds is 5. The number of amides is 1. The third-order valence-corrected chi connectivity index (χ3v) is 4.97. The highest BCUT2D eigenvalue weighted by atomic mass is 35.5. The molecular weight excluding hydrogens is 411 g/mol. The summed E-state index contributed by atoms with van der Waals surface area (Å²) < 4.78 is 12.0. The van der Waals surface area contributed by atoms with Crippen LogP contribution in [0.5, 0.6) is 5.75 Å². The predicted octanol–water partition coefficient (Wildman–Crippen LogP) is 6.57. The molecule has 7 heteroatoms. The highest BCUT2D eigenvalue weighted by Gasteiger charge is 2.21. The molecule has 0 saturated heterocycles. The van der Waals surface area contributed by atoms with Crippen LogP contribution in [-0.4, -0.2) is 17.5 Å². The fourth-order valence-electron chi connectivity index (χ4n) is 3.08. The van der Waals surface area contributed by atoms with Crippen LogP contribution < -0.4 is 10.1 Å². The van der Waals surface area contributed by atoms with E-state index >= 15 is 0 Å². The number of anilines is 1. The zero-order chi connectivity index (χ0) is 20.5. The van der Waals surface area contributed by atoms with Crippen molar-refractivity contribution in [3.63, 3.8) is 0 Å². The molecule has 0 aliphatic rings. The molecule has 29 heavy (non-hydrogen) atoms. The molecule has 2 aromatic carbocycles. The van der Waals surface area contributed by atoms with Gasteiger partial charge in [0.25, 0.3) is 5.91 Å². The van der Waals surface area contributed by atoms with E-state index in [9.17, 15) is 4.79 Å². The molecule has 0 fully saturated rings. The van der Waals surface area contributed by atoms with Gasteiger partial charge in [0.05, 0.1) is 27.9 Å². The Balaban J connectivity index is 1.84. The summed E-state index contributed by atoms with van der Waals surface area (Å²) in [6.45, 7) is 4.68. The molecule has 1 amide bonds. The summed E-state index contributed by atoms with van der Waals surface area (Å²) in [4.78, 5) is 17.0. The highest BCUT2D eigenvalue weighted by Crippen LogP contribution is 2.38. The van der Waals surface area contributed by atoms with Crippen molar-refractivity contribution in [2.75, 3.05) is 11.9 Å². The van der Waals surface area contributed by atoms with Crippen molar-refractivity contribution in [1.82, 2.24) is 4.98 Å². The zero-order valence-corrected chi connectivity index (χ0v) is 17.3. The smallest absolute Gasteiger partial charge is 0.256 e. The molecule has 0 bridgehead atoms. The summed E-state index contributed by atoms with van der Waals surface area (Å²) in [5.74, 6) is 0.599. The van der Waals surface area contributed by atoms with Crippen molar-refractivity contribution in [2.24, 2.45) is 5.92 Å². The Morgan fingerprint density at radius 2 is 1.86 bits per heavy atom. The second-order valence-electron chi connectivity index (χ2n) is 7.05. The Labute approximate surface area is 177 Å². The first-order valence-electron chi connectivity index (χ1n) is 9.13. The molecular formula is C22H18Cl2N2O3. The van der Waals surface area contributed by atoms with Gasteiger partial charge >= 0.3 is 0 Å². The van der Waals surface area contributed by atoms with Gasteiger partial charge in [-0.25, -0.2) is 0 Å². The Morgan fingerprint density at radius 3 is 2.59 bits per heavy atom. The molecule has 5 nitrogen and oxygen atoms in total. The molecule has 148 valence electrons. The number of halogens is 2. The van der Waals surface area contributed by atoms with Crippen molar-refractivity contribution in [1.29, 1.82) is 0 Å². The molecule has 4 aromatic rings. The molecule has 0 spiro atoms. The van der Waals surface area contributed by atoms with E-state index in [2.05, 4.69) is 24.1 Å². The van der Waals surface area contributed by atoms with Gasteiger partial charge in [-0.1, -0.05) is 55.2 Å². The van der Waals surface area contributed by atoms with Crippen LogP contribution in [0.2, 0.25) is 10.0 Å². The largest absolute Gasteiger partial charge is 0.489 e. The van der Waals surface area contributed by atoms with Crippen molar-refractivity contribution in [2.45, 2.75) is 13.8 Å². The van der Waals surface area contributed by atoms with E-state index in [4.69, 9.17) is 32.4 Å². The standard InChI is InChI=1S/C22H18Cl2N2O3/c1-12(2)11-28-18-8-7-14(19-13-5-3-4-6-17(13)29-21(18)19)22(27)26-20-15(23)9-25-10-16(20)24/h3-10,12H,11H2,1-2H3,(H,25,26,27). The van der Waals surface area contributed by atoms with Gasteiger partial charge in [-0.3, -0.25) is 9.78 Å². The number of pyridine rings is 1. The van der Waals surface area contributed by atoms with Crippen LogP contribution in [-0.2, 0) is 0 Å². The van der Waals surface area contributed by atoms with Crippen LogP contribution in [0.25, 0.3) is 21.9 Å². The lowest BCUT2D eigenvalue weighted by Gasteiger charge is -2.12. The van der Waals surface area contributed by atoms with Gasteiger partial charge in [0.1, 0.15) is 5.58 Å². The number of para-hydroxylation sites is 1. The summed E-state index contributed by atoms with van der Waals surface area (Å²) in [6.07, 6.45) is 2.85. The minimum atomic E-state index is -0.355. The second kappa shape index (κ2) is 7.93. The van der Waals surface area contributed by atoms with Crippen molar-refractivity contribution in [3.8, 4) is 5.75 Å². The van der Waals surface area contributed by atoms with Crippen LogP contribution in [0.15, 0.2) is 53.2 Å². The van der Waals surface area contributed by atoms with Gasteiger partial charge in [-0.2, -0.15) is 0 Å². The summed E-state index contributed by atoms with van der Waals surface area (Å²) in [7, 11) is 0. The third-order valence-electron chi connectivity index (χ3n) is 4.40. The summed E-state index contributed by atoms with van der Waals surface area (Å²) in [5, 5.41) is 4.82. The number of benzene rings is 2. The molecule has 0 unspecified atom stereocenters. The fraction of sp³-hybridized carbons (Fsp3) is 0.182. The maximum atomic E-state index is 13.1. The number of nitrogens with one attached hydrogen (secondary N) is 1. The lowest BCUT2D eigenvalue weighted by Crippen LogP contribution is -2.13. The van der Waals surface area contributed by atoms with E-state index < -0.39 is 0 Å². The SMILES string of the molecule is CC(C)COc1ccc(C(=O)Nc2c(Cl)cncc2Cl)c2c1oc1ccccc12. The zero-order valence-electron chi connectivity index (χ0n) is 15.8. The maximum absolute atomic E-state index is 13.1. The number of ether oxygens (including phenoxy) is 1. The van der Waals surface area contributed by atoms with Gasteiger partial charge in [0.15, 0.2) is 11.3 Å². The van der Waals surface area contributed by atoms with E-state index in [0.29, 0.717) is 46.1 Å². The summed E-state index contributed by atoms with van der Waals surface area (Å²) in [5.41, 5.74) is 1.96. The summed E-state index contributed by atoms with van der Waals surface area (Å²) >= 11 is 12.3. The second-order valence-corrected chi connectivity index (χ2v) is 7.87. The van der Waals surface area contributed by atoms with Gasteiger partial charge < -0.3 is 14.5 Å². The molecule has 2 heterocycles. The molecule has 0 atom stereocenters. The van der Waals surface area contributed by atoms with E-state index in [-0.39, 0.29) is 16.0 Å². The van der Waals surface area contributed by atoms with Gasteiger partial charge in [0, 0.05) is 23.2 Å². The van der Waals surface area contributed by atoms with E-state index in [1.807, 2.05) is 24.3 Å². The van der Waals surface area contributed by atoms with Crippen LogP contribution in [0.3, 0.4) is 0 Å². The number of furan rings is 1.